The third-order valence-corrected chi connectivity index (χ3v) is 4.62. The zero-order chi connectivity index (χ0) is 16.4. The summed E-state index contributed by atoms with van der Waals surface area (Å²) in [7, 11) is 0. The van der Waals surface area contributed by atoms with Gasteiger partial charge in [0.25, 0.3) is 0 Å². The van der Waals surface area contributed by atoms with Crippen LogP contribution in [-0.4, -0.2) is 21.1 Å². The van der Waals surface area contributed by atoms with Crippen LogP contribution in [0.15, 0.2) is 46.9 Å². The summed E-state index contributed by atoms with van der Waals surface area (Å²) < 4.78 is 2.13. The van der Waals surface area contributed by atoms with Crippen molar-refractivity contribution in [3.63, 3.8) is 0 Å². The zero-order valence-corrected chi connectivity index (χ0v) is 14.9. The fourth-order valence-corrected chi connectivity index (χ4v) is 3.04. The van der Waals surface area contributed by atoms with Gasteiger partial charge in [0, 0.05) is 0 Å². The average Bonchev–Trinajstić information content (AvgIpc) is 3.14. The maximum absolute atomic E-state index is 5.27. The van der Waals surface area contributed by atoms with Crippen LogP contribution in [0.3, 0.4) is 0 Å². The molecule has 0 aliphatic rings. The van der Waals surface area contributed by atoms with Crippen molar-refractivity contribution in [1.29, 1.82) is 0 Å². The van der Waals surface area contributed by atoms with E-state index in [9.17, 15) is 0 Å². The van der Waals surface area contributed by atoms with Crippen LogP contribution in [0.4, 0.5) is 0 Å². The minimum atomic E-state index is 0.148. The fraction of sp³-hybridized carbons (Fsp3) is 0.235. The predicted molar refractivity (Wildman–Crippen MR) is 98.9 cm³/mol. The molecule has 1 aromatic carbocycles. The predicted octanol–water partition coefficient (Wildman–Crippen LogP) is 4.85. The number of hydrogen-bond acceptors (Lipinski definition) is 4. The molecule has 23 heavy (non-hydrogen) atoms. The first-order valence-electron chi connectivity index (χ1n) is 7.31. The standard InChI is InChI=1S/C17H18N4S2/c1-17(2,3)13-8-6-12(7-9-13)11-18-21-15(19-20-16(21)22)14-5-4-10-23-14/h4-11H,1-3H3,(H,20,22)/b18-11+. The normalized spacial score (nSPS) is 12.1. The molecule has 3 aromatic rings. The molecule has 0 radical (unpaired) electrons. The number of aromatic nitrogens is 3. The Kier molecular flexibility index (Phi) is 4.28. The van der Waals surface area contributed by atoms with Crippen molar-refractivity contribution in [3.05, 3.63) is 57.7 Å². The molecule has 0 aliphatic carbocycles. The number of hydrogen-bond donors (Lipinski definition) is 1. The number of H-pyrrole nitrogens is 1. The van der Waals surface area contributed by atoms with E-state index in [0.717, 1.165) is 16.3 Å². The third-order valence-electron chi connectivity index (χ3n) is 3.49. The second-order valence-electron chi connectivity index (χ2n) is 6.26. The van der Waals surface area contributed by atoms with Gasteiger partial charge in [0.05, 0.1) is 11.1 Å². The summed E-state index contributed by atoms with van der Waals surface area (Å²) in [6.45, 7) is 6.61. The summed E-state index contributed by atoms with van der Waals surface area (Å²) in [4.78, 5) is 1.03. The van der Waals surface area contributed by atoms with Crippen LogP contribution in [0, 0.1) is 4.77 Å². The molecule has 0 unspecified atom stereocenters. The van der Waals surface area contributed by atoms with E-state index in [-0.39, 0.29) is 5.41 Å². The van der Waals surface area contributed by atoms with Gasteiger partial charge in [0.1, 0.15) is 0 Å². The Balaban J connectivity index is 1.89. The van der Waals surface area contributed by atoms with Crippen LogP contribution in [-0.2, 0) is 5.41 Å². The Morgan fingerprint density at radius 1 is 1.22 bits per heavy atom. The molecule has 0 spiro atoms. The molecule has 0 fully saturated rings. The molecule has 0 aliphatic heterocycles. The molecule has 0 saturated heterocycles. The van der Waals surface area contributed by atoms with E-state index in [0.29, 0.717) is 4.77 Å². The van der Waals surface area contributed by atoms with Crippen LogP contribution in [0.25, 0.3) is 10.7 Å². The monoisotopic (exact) mass is 342 g/mol. The molecule has 0 saturated carbocycles. The molecule has 0 bridgehead atoms. The van der Waals surface area contributed by atoms with Gasteiger partial charge < -0.3 is 0 Å². The highest BCUT2D eigenvalue weighted by atomic mass is 32.1. The Bertz CT molecular complexity index is 863. The molecule has 118 valence electrons. The molecule has 3 rings (SSSR count). The van der Waals surface area contributed by atoms with Gasteiger partial charge in [-0.1, -0.05) is 51.1 Å². The second-order valence-corrected chi connectivity index (χ2v) is 7.59. The first kappa shape index (κ1) is 15.8. The Morgan fingerprint density at radius 2 is 1.96 bits per heavy atom. The second kappa shape index (κ2) is 6.22. The number of benzene rings is 1. The lowest BCUT2D eigenvalue weighted by molar-refractivity contribution is 0.590. The highest BCUT2D eigenvalue weighted by Gasteiger charge is 2.12. The first-order chi connectivity index (χ1) is 10.9. The summed E-state index contributed by atoms with van der Waals surface area (Å²) in [5.74, 6) is 0.729. The van der Waals surface area contributed by atoms with Crippen LogP contribution in [0.2, 0.25) is 0 Å². The van der Waals surface area contributed by atoms with Crippen molar-refractivity contribution in [3.8, 4) is 10.7 Å². The number of aromatic amines is 1. The minimum Gasteiger partial charge on any atom is -0.250 e. The van der Waals surface area contributed by atoms with Gasteiger partial charge in [0.2, 0.25) is 4.77 Å². The lowest BCUT2D eigenvalue weighted by atomic mass is 9.87. The third kappa shape index (κ3) is 3.48. The highest BCUT2D eigenvalue weighted by Crippen LogP contribution is 2.23. The lowest BCUT2D eigenvalue weighted by Gasteiger charge is -2.18. The van der Waals surface area contributed by atoms with E-state index >= 15 is 0 Å². The molecule has 4 nitrogen and oxygen atoms in total. The van der Waals surface area contributed by atoms with E-state index in [2.05, 4.69) is 60.3 Å². The molecule has 1 N–H and O–H groups in total. The average molecular weight is 342 g/mol. The topological polar surface area (TPSA) is 46.0 Å². The maximum atomic E-state index is 5.27. The van der Waals surface area contributed by atoms with Crippen molar-refractivity contribution in [2.24, 2.45) is 5.10 Å². The molecular weight excluding hydrogens is 324 g/mol. The summed E-state index contributed by atoms with van der Waals surface area (Å²) >= 11 is 6.87. The van der Waals surface area contributed by atoms with Crippen molar-refractivity contribution in [2.75, 3.05) is 0 Å². The zero-order valence-electron chi connectivity index (χ0n) is 13.3. The Hall–Kier alpha value is -2.05. The summed E-state index contributed by atoms with van der Waals surface area (Å²) in [5.41, 5.74) is 2.47. The minimum absolute atomic E-state index is 0.148. The smallest absolute Gasteiger partial charge is 0.216 e. The van der Waals surface area contributed by atoms with E-state index in [1.807, 2.05) is 17.5 Å². The van der Waals surface area contributed by atoms with Gasteiger partial charge in [-0.2, -0.15) is 14.9 Å². The SMILES string of the molecule is CC(C)(C)c1ccc(/C=N/n2c(-c3cccs3)n[nH]c2=S)cc1. The van der Waals surface area contributed by atoms with Gasteiger partial charge in [-0.15, -0.1) is 11.3 Å². The van der Waals surface area contributed by atoms with Gasteiger partial charge in [-0.25, -0.2) is 5.10 Å². The Labute approximate surface area is 144 Å². The molecule has 6 heteroatoms. The molecular formula is C17H18N4S2. The largest absolute Gasteiger partial charge is 0.250 e. The first-order valence-corrected chi connectivity index (χ1v) is 8.60. The fourth-order valence-electron chi connectivity index (χ4n) is 2.16. The van der Waals surface area contributed by atoms with E-state index in [1.54, 1.807) is 22.2 Å². The molecule has 0 atom stereocenters. The van der Waals surface area contributed by atoms with E-state index in [1.165, 1.54) is 5.56 Å². The van der Waals surface area contributed by atoms with Crippen LogP contribution in [0.5, 0.6) is 0 Å². The summed E-state index contributed by atoms with van der Waals surface area (Å²) in [5, 5.41) is 13.5. The number of nitrogens with one attached hydrogen (secondary N) is 1. The maximum Gasteiger partial charge on any atom is 0.216 e. The lowest BCUT2D eigenvalue weighted by Crippen LogP contribution is -2.10. The van der Waals surface area contributed by atoms with Crippen molar-refractivity contribution >= 4 is 29.8 Å². The van der Waals surface area contributed by atoms with Gasteiger partial charge in [0.15, 0.2) is 5.82 Å². The van der Waals surface area contributed by atoms with E-state index in [4.69, 9.17) is 12.2 Å². The number of nitrogens with zero attached hydrogens (tertiary/aromatic N) is 3. The van der Waals surface area contributed by atoms with Crippen LogP contribution < -0.4 is 0 Å². The van der Waals surface area contributed by atoms with Gasteiger partial charge in [-0.05, 0) is 40.2 Å². The molecule has 0 amide bonds. The Morgan fingerprint density at radius 3 is 2.57 bits per heavy atom. The molecule has 2 heterocycles. The summed E-state index contributed by atoms with van der Waals surface area (Å²) in [6, 6.07) is 12.4. The van der Waals surface area contributed by atoms with Crippen LogP contribution in [0.1, 0.15) is 31.9 Å². The summed E-state index contributed by atoms with van der Waals surface area (Å²) in [6.07, 6.45) is 1.80. The van der Waals surface area contributed by atoms with E-state index < -0.39 is 0 Å². The quantitative estimate of drug-likeness (QED) is 0.546. The number of rotatable bonds is 3. The van der Waals surface area contributed by atoms with Gasteiger partial charge in [-0.3, -0.25) is 0 Å². The highest BCUT2D eigenvalue weighted by molar-refractivity contribution is 7.71. The molecule has 2 aromatic heterocycles. The number of thiophene rings is 1. The van der Waals surface area contributed by atoms with Crippen molar-refractivity contribution in [1.82, 2.24) is 14.9 Å². The van der Waals surface area contributed by atoms with Crippen molar-refractivity contribution in [2.45, 2.75) is 26.2 Å². The van der Waals surface area contributed by atoms with Crippen molar-refractivity contribution < 1.29 is 0 Å². The van der Waals surface area contributed by atoms with Gasteiger partial charge >= 0.3 is 0 Å². The van der Waals surface area contributed by atoms with Crippen LogP contribution >= 0.6 is 23.6 Å².